The molecule has 1 aliphatic heterocycles. The number of anilines is 2. The SMILES string of the molecule is CCCCCCCCCCOc1cc2ncnc(Nc3ccc(F)c(Cl)c3)c2cc1OC1CCCNC1. The normalized spacial score (nSPS) is 15.6. The molecule has 0 amide bonds. The number of halogens is 2. The number of ether oxygens (including phenoxy) is 2. The van der Waals surface area contributed by atoms with Crippen LogP contribution in [-0.2, 0) is 0 Å². The van der Waals surface area contributed by atoms with Gasteiger partial charge in [-0.2, -0.15) is 0 Å². The van der Waals surface area contributed by atoms with Crippen LogP contribution in [0.4, 0.5) is 15.9 Å². The van der Waals surface area contributed by atoms with Gasteiger partial charge in [0.1, 0.15) is 24.1 Å². The van der Waals surface area contributed by atoms with Gasteiger partial charge in [0.15, 0.2) is 11.5 Å². The molecule has 0 aliphatic carbocycles. The molecule has 6 nitrogen and oxygen atoms in total. The lowest BCUT2D eigenvalue weighted by molar-refractivity contribution is 0.158. The van der Waals surface area contributed by atoms with Crippen LogP contribution in [0, 0.1) is 5.82 Å². The summed E-state index contributed by atoms with van der Waals surface area (Å²) < 4.78 is 26.3. The number of fused-ring (bicyclic) bond motifs is 1. The number of unbranched alkanes of at least 4 members (excludes halogenated alkanes) is 7. The Bertz CT molecular complexity index is 1140. The fraction of sp³-hybridized carbons (Fsp3) is 0.517. The topological polar surface area (TPSA) is 68.3 Å². The number of piperidine rings is 1. The van der Waals surface area contributed by atoms with Gasteiger partial charge < -0.3 is 20.1 Å². The predicted octanol–water partition coefficient (Wildman–Crippen LogP) is 7.82. The second kappa shape index (κ2) is 14.3. The van der Waals surface area contributed by atoms with E-state index in [-0.39, 0.29) is 11.1 Å². The first-order valence-electron chi connectivity index (χ1n) is 13.6. The summed E-state index contributed by atoms with van der Waals surface area (Å²) in [5, 5.41) is 7.49. The van der Waals surface area contributed by atoms with Crippen molar-refractivity contribution in [3.05, 3.63) is 47.5 Å². The maximum atomic E-state index is 13.6. The van der Waals surface area contributed by atoms with Gasteiger partial charge in [-0.15, -0.1) is 0 Å². The third-order valence-corrected chi connectivity index (χ3v) is 6.97. The van der Waals surface area contributed by atoms with E-state index in [0.717, 1.165) is 43.3 Å². The Kier molecular flexibility index (Phi) is 10.6. The molecular formula is C29H38ClFN4O2. The quantitative estimate of drug-likeness (QED) is 0.208. The largest absolute Gasteiger partial charge is 0.490 e. The molecule has 2 N–H and O–H groups in total. The third-order valence-electron chi connectivity index (χ3n) is 6.68. The molecule has 1 aromatic heterocycles. The number of hydrogen-bond donors (Lipinski definition) is 2. The van der Waals surface area contributed by atoms with E-state index in [2.05, 4.69) is 27.5 Å². The summed E-state index contributed by atoms with van der Waals surface area (Å²) in [7, 11) is 0. The standard InChI is InChI=1S/C29H38ClFN4O2/c1-2-3-4-5-6-7-8-9-15-36-27-18-26-23(17-28(27)37-22-11-10-14-32-19-22)29(34-20-33-26)35-21-12-13-25(31)24(30)16-21/h12-13,16-18,20,22,32H,2-11,14-15,19H2,1H3,(H,33,34,35). The van der Waals surface area contributed by atoms with Gasteiger partial charge >= 0.3 is 0 Å². The Morgan fingerprint density at radius 1 is 1.03 bits per heavy atom. The first-order valence-corrected chi connectivity index (χ1v) is 14.0. The molecule has 1 fully saturated rings. The van der Waals surface area contributed by atoms with Gasteiger partial charge in [0, 0.05) is 23.7 Å². The van der Waals surface area contributed by atoms with Crippen molar-refractivity contribution in [2.45, 2.75) is 77.2 Å². The summed E-state index contributed by atoms with van der Waals surface area (Å²) in [6, 6.07) is 8.37. The van der Waals surface area contributed by atoms with Crippen molar-refractivity contribution in [3.8, 4) is 11.5 Å². The first kappa shape index (κ1) is 27.4. The predicted molar refractivity (Wildman–Crippen MR) is 149 cm³/mol. The smallest absolute Gasteiger partial charge is 0.163 e. The van der Waals surface area contributed by atoms with Crippen LogP contribution >= 0.6 is 11.6 Å². The maximum Gasteiger partial charge on any atom is 0.163 e. The average Bonchev–Trinajstić information content (AvgIpc) is 2.91. The summed E-state index contributed by atoms with van der Waals surface area (Å²) in [4.78, 5) is 8.90. The highest BCUT2D eigenvalue weighted by molar-refractivity contribution is 6.31. The number of nitrogens with zero attached hydrogens (tertiary/aromatic N) is 2. The minimum Gasteiger partial charge on any atom is -0.490 e. The Morgan fingerprint density at radius 3 is 2.59 bits per heavy atom. The van der Waals surface area contributed by atoms with Crippen molar-refractivity contribution >= 4 is 34.0 Å². The highest BCUT2D eigenvalue weighted by Gasteiger charge is 2.19. The van der Waals surface area contributed by atoms with Gasteiger partial charge in [-0.3, -0.25) is 0 Å². The zero-order chi connectivity index (χ0) is 25.9. The molecule has 37 heavy (non-hydrogen) atoms. The van der Waals surface area contributed by atoms with E-state index < -0.39 is 5.82 Å². The van der Waals surface area contributed by atoms with E-state index in [9.17, 15) is 4.39 Å². The molecule has 8 heteroatoms. The highest BCUT2D eigenvalue weighted by Crippen LogP contribution is 2.36. The fourth-order valence-corrected chi connectivity index (χ4v) is 4.78. The fourth-order valence-electron chi connectivity index (χ4n) is 4.60. The number of aromatic nitrogens is 2. The molecule has 1 unspecified atom stereocenters. The zero-order valence-corrected chi connectivity index (χ0v) is 22.5. The van der Waals surface area contributed by atoms with Crippen molar-refractivity contribution in [2.75, 3.05) is 25.0 Å². The summed E-state index contributed by atoms with van der Waals surface area (Å²) in [6.07, 6.45) is 13.7. The number of rotatable bonds is 14. The van der Waals surface area contributed by atoms with Crippen LogP contribution in [-0.4, -0.2) is 35.8 Å². The van der Waals surface area contributed by atoms with E-state index in [1.165, 1.54) is 63.4 Å². The van der Waals surface area contributed by atoms with Crippen LogP contribution in [0.2, 0.25) is 5.02 Å². The molecule has 1 atom stereocenters. The minimum absolute atomic E-state index is 0.0498. The molecule has 1 saturated heterocycles. The van der Waals surface area contributed by atoms with E-state index in [1.54, 1.807) is 6.07 Å². The molecule has 0 saturated carbocycles. The van der Waals surface area contributed by atoms with Crippen molar-refractivity contribution in [1.82, 2.24) is 15.3 Å². The van der Waals surface area contributed by atoms with Crippen LogP contribution < -0.4 is 20.1 Å². The molecular weight excluding hydrogens is 491 g/mol. The third kappa shape index (κ3) is 8.17. The maximum absolute atomic E-state index is 13.6. The van der Waals surface area contributed by atoms with Gasteiger partial charge in [0.25, 0.3) is 0 Å². The highest BCUT2D eigenvalue weighted by atomic mass is 35.5. The van der Waals surface area contributed by atoms with Crippen LogP contribution in [0.15, 0.2) is 36.7 Å². The molecule has 4 rings (SSSR count). The zero-order valence-electron chi connectivity index (χ0n) is 21.7. The summed E-state index contributed by atoms with van der Waals surface area (Å²) >= 11 is 5.97. The first-order chi connectivity index (χ1) is 18.1. The van der Waals surface area contributed by atoms with E-state index in [0.29, 0.717) is 29.6 Å². The van der Waals surface area contributed by atoms with Crippen LogP contribution in [0.1, 0.15) is 71.1 Å². The van der Waals surface area contributed by atoms with Crippen LogP contribution in [0.5, 0.6) is 11.5 Å². The second-order valence-electron chi connectivity index (χ2n) is 9.70. The Labute approximate surface area is 224 Å². The Balaban J connectivity index is 1.48. The minimum atomic E-state index is -0.463. The molecule has 0 spiro atoms. The molecule has 1 aliphatic rings. The van der Waals surface area contributed by atoms with Crippen molar-refractivity contribution in [3.63, 3.8) is 0 Å². The Morgan fingerprint density at radius 2 is 1.84 bits per heavy atom. The van der Waals surface area contributed by atoms with E-state index in [1.807, 2.05) is 12.1 Å². The van der Waals surface area contributed by atoms with Crippen LogP contribution in [0.25, 0.3) is 10.9 Å². The lowest BCUT2D eigenvalue weighted by Gasteiger charge is -2.25. The van der Waals surface area contributed by atoms with Crippen molar-refractivity contribution in [2.24, 2.45) is 0 Å². The molecule has 2 aromatic carbocycles. The van der Waals surface area contributed by atoms with Gasteiger partial charge in [0.05, 0.1) is 17.1 Å². The average molecular weight is 529 g/mol. The van der Waals surface area contributed by atoms with Crippen molar-refractivity contribution in [1.29, 1.82) is 0 Å². The van der Waals surface area contributed by atoms with Crippen molar-refractivity contribution < 1.29 is 13.9 Å². The monoisotopic (exact) mass is 528 g/mol. The number of hydrogen-bond acceptors (Lipinski definition) is 6. The molecule has 200 valence electrons. The second-order valence-corrected chi connectivity index (χ2v) is 10.1. The summed E-state index contributed by atoms with van der Waals surface area (Å²) in [5.41, 5.74) is 1.38. The molecule has 2 heterocycles. The van der Waals surface area contributed by atoms with Gasteiger partial charge in [-0.05, 0) is 50.1 Å². The van der Waals surface area contributed by atoms with Gasteiger partial charge in [0.2, 0.25) is 0 Å². The van der Waals surface area contributed by atoms with E-state index >= 15 is 0 Å². The van der Waals surface area contributed by atoms with Gasteiger partial charge in [-0.25, -0.2) is 14.4 Å². The Hall–Kier alpha value is -2.64. The number of benzene rings is 2. The van der Waals surface area contributed by atoms with E-state index in [4.69, 9.17) is 21.1 Å². The number of nitrogens with one attached hydrogen (secondary N) is 2. The molecule has 0 bridgehead atoms. The van der Waals surface area contributed by atoms with Gasteiger partial charge in [-0.1, -0.05) is 63.5 Å². The summed E-state index contributed by atoms with van der Waals surface area (Å²) in [5.74, 6) is 1.52. The molecule has 0 radical (unpaired) electrons. The summed E-state index contributed by atoms with van der Waals surface area (Å²) in [6.45, 7) is 4.71. The lowest BCUT2D eigenvalue weighted by Crippen LogP contribution is -2.37. The van der Waals surface area contributed by atoms with Crippen LogP contribution in [0.3, 0.4) is 0 Å². The molecule has 3 aromatic rings. The lowest BCUT2D eigenvalue weighted by atomic mass is 10.1.